The number of ketones is 3. The quantitative estimate of drug-likeness (QED) is 0.334. The summed E-state index contributed by atoms with van der Waals surface area (Å²) in [6.07, 6.45) is 8.58. The Hall–Kier alpha value is -1.77. The van der Waals surface area contributed by atoms with Crippen LogP contribution in [0.3, 0.4) is 0 Å². The van der Waals surface area contributed by atoms with Gasteiger partial charge in [-0.25, -0.2) is 0 Å². The summed E-state index contributed by atoms with van der Waals surface area (Å²) in [5.74, 6) is 0.792. The van der Waals surface area contributed by atoms with Gasteiger partial charge in [-0.2, -0.15) is 0 Å². The summed E-state index contributed by atoms with van der Waals surface area (Å²) < 4.78 is 0. The third-order valence-electron chi connectivity index (χ3n) is 6.52. The highest BCUT2D eigenvalue weighted by molar-refractivity contribution is 6.00. The second-order valence-corrected chi connectivity index (χ2v) is 9.69. The number of rotatable bonds is 11. The van der Waals surface area contributed by atoms with Crippen molar-refractivity contribution < 1.29 is 14.4 Å². The van der Waals surface area contributed by atoms with Crippen molar-refractivity contribution in [3.63, 3.8) is 0 Å². The number of Topliss-reactive ketones (excluding diaryl/α,β-unsaturated/α-hetero) is 3. The molecule has 1 aliphatic rings. The summed E-state index contributed by atoms with van der Waals surface area (Å²) in [5, 5.41) is 0. The third kappa shape index (κ3) is 7.98. The molecule has 2 rings (SSSR count). The first-order valence-corrected chi connectivity index (χ1v) is 12.9. The van der Waals surface area contributed by atoms with E-state index in [0.29, 0.717) is 12.3 Å². The van der Waals surface area contributed by atoms with Crippen molar-refractivity contribution in [2.24, 2.45) is 17.8 Å². The molecule has 0 fully saturated rings. The molecule has 1 aliphatic carbocycles. The first-order chi connectivity index (χ1) is 15.2. The molecule has 32 heavy (non-hydrogen) atoms. The highest BCUT2D eigenvalue weighted by atomic mass is 16.1. The maximum absolute atomic E-state index is 13.0. The molecule has 3 heteroatoms. The van der Waals surface area contributed by atoms with E-state index in [1.165, 1.54) is 24.5 Å². The minimum Gasteiger partial charge on any atom is -0.300 e. The van der Waals surface area contributed by atoms with Crippen LogP contribution in [0.15, 0.2) is 12.1 Å². The lowest BCUT2D eigenvalue weighted by Gasteiger charge is -2.32. The maximum atomic E-state index is 13.0. The minimum absolute atomic E-state index is 0.0466. The van der Waals surface area contributed by atoms with Gasteiger partial charge in [0.25, 0.3) is 0 Å². The van der Waals surface area contributed by atoms with Crippen LogP contribution in [0.1, 0.15) is 120 Å². The summed E-state index contributed by atoms with van der Waals surface area (Å²) in [6.45, 7) is 14.2. The Morgan fingerprint density at radius 2 is 1.69 bits per heavy atom. The Morgan fingerprint density at radius 3 is 2.22 bits per heavy atom. The first kappa shape index (κ1) is 28.3. The van der Waals surface area contributed by atoms with E-state index >= 15 is 0 Å². The van der Waals surface area contributed by atoms with E-state index in [-0.39, 0.29) is 35.6 Å². The zero-order valence-electron chi connectivity index (χ0n) is 21.7. The summed E-state index contributed by atoms with van der Waals surface area (Å²) in [6, 6.07) is 4.29. The highest BCUT2D eigenvalue weighted by Gasteiger charge is 2.33. The summed E-state index contributed by atoms with van der Waals surface area (Å²) in [5.41, 5.74) is 4.62. The molecular weight excluding hydrogens is 396 g/mol. The number of carbonyl (C=O) groups excluding carboxylic acids is 3. The molecule has 0 aromatic heterocycles. The first-order valence-electron chi connectivity index (χ1n) is 12.9. The summed E-state index contributed by atoms with van der Waals surface area (Å²) in [7, 11) is 0. The second kappa shape index (κ2) is 14.4. The predicted molar refractivity (Wildman–Crippen MR) is 134 cm³/mol. The van der Waals surface area contributed by atoms with E-state index in [0.717, 1.165) is 56.1 Å². The third-order valence-corrected chi connectivity index (χ3v) is 6.52. The molecule has 0 aliphatic heterocycles. The Labute approximate surface area is 196 Å². The van der Waals surface area contributed by atoms with Gasteiger partial charge in [0.15, 0.2) is 5.78 Å². The number of hydrogen-bond acceptors (Lipinski definition) is 3. The van der Waals surface area contributed by atoms with Gasteiger partial charge >= 0.3 is 0 Å². The van der Waals surface area contributed by atoms with E-state index < -0.39 is 0 Å². The second-order valence-electron chi connectivity index (χ2n) is 9.69. The molecule has 0 bridgehead atoms. The number of hydrogen-bond donors (Lipinski definition) is 0. The van der Waals surface area contributed by atoms with Gasteiger partial charge in [-0.05, 0) is 68.1 Å². The standard InChI is InChI=1S/C26H38O3.C3H8/c1-6-9-20-12-11-17(4)26-23(20)15-19(16-25(26)29)14-21(10-7-2)22(8-3)24(28)13-18(5)27;1-3-2/h11-12,19,21-22H,6-10,13-16H2,1-5H3;3H2,1-2H3. The van der Waals surface area contributed by atoms with Crippen molar-refractivity contribution in [2.75, 3.05) is 0 Å². The molecule has 0 spiro atoms. The Kier molecular flexibility index (Phi) is 12.7. The lowest BCUT2D eigenvalue weighted by molar-refractivity contribution is -0.129. The Morgan fingerprint density at radius 1 is 1.03 bits per heavy atom. The van der Waals surface area contributed by atoms with Gasteiger partial charge in [0.05, 0.1) is 6.42 Å². The topological polar surface area (TPSA) is 51.2 Å². The van der Waals surface area contributed by atoms with Gasteiger partial charge in [-0.15, -0.1) is 0 Å². The van der Waals surface area contributed by atoms with Crippen molar-refractivity contribution in [1.82, 2.24) is 0 Å². The summed E-state index contributed by atoms with van der Waals surface area (Å²) >= 11 is 0. The average molecular weight is 443 g/mol. The maximum Gasteiger partial charge on any atom is 0.163 e. The predicted octanol–water partition coefficient (Wildman–Crippen LogP) is 7.49. The fraction of sp³-hybridized carbons (Fsp3) is 0.690. The molecule has 0 N–H and O–H groups in total. The van der Waals surface area contributed by atoms with Gasteiger partial charge in [0.1, 0.15) is 11.6 Å². The molecule has 0 saturated heterocycles. The van der Waals surface area contributed by atoms with Crippen LogP contribution in [0.2, 0.25) is 0 Å². The molecule has 0 amide bonds. The highest BCUT2D eigenvalue weighted by Crippen LogP contribution is 2.37. The van der Waals surface area contributed by atoms with Crippen LogP contribution in [0.25, 0.3) is 0 Å². The van der Waals surface area contributed by atoms with Gasteiger partial charge in [0.2, 0.25) is 0 Å². The SMILES string of the molecule is CCC.CCCc1ccc(C)c2c1CC(CC(CCC)C(CC)C(=O)CC(C)=O)CC2=O. The number of benzene rings is 1. The van der Waals surface area contributed by atoms with Crippen molar-refractivity contribution in [3.05, 3.63) is 34.4 Å². The van der Waals surface area contributed by atoms with E-state index in [1.54, 1.807) is 0 Å². The van der Waals surface area contributed by atoms with E-state index in [1.807, 2.05) is 6.92 Å². The van der Waals surface area contributed by atoms with Crippen LogP contribution in [-0.2, 0) is 22.4 Å². The molecule has 0 heterocycles. The zero-order valence-corrected chi connectivity index (χ0v) is 21.7. The molecule has 0 saturated carbocycles. The Balaban J connectivity index is 0.00000161. The van der Waals surface area contributed by atoms with E-state index in [4.69, 9.17) is 0 Å². The van der Waals surface area contributed by atoms with Crippen LogP contribution in [0.5, 0.6) is 0 Å². The lowest BCUT2D eigenvalue weighted by atomic mass is 9.71. The molecule has 1 aromatic carbocycles. The van der Waals surface area contributed by atoms with Crippen molar-refractivity contribution >= 4 is 17.3 Å². The largest absolute Gasteiger partial charge is 0.300 e. The molecular formula is C29H46O3. The number of carbonyl (C=O) groups is 3. The molecule has 1 aromatic rings. The monoisotopic (exact) mass is 442 g/mol. The molecule has 0 radical (unpaired) electrons. The summed E-state index contributed by atoms with van der Waals surface area (Å²) in [4.78, 5) is 37.2. The lowest BCUT2D eigenvalue weighted by Crippen LogP contribution is -2.30. The molecule has 3 atom stereocenters. The van der Waals surface area contributed by atoms with Gasteiger partial charge < -0.3 is 0 Å². The Bertz CT molecular complexity index is 762. The van der Waals surface area contributed by atoms with Crippen LogP contribution in [-0.4, -0.2) is 17.3 Å². The van der Waals surface area contributed by atoms with E-state index in [2.05, 4.69) is 46.8 Å². The van der Waals surface area contributed by atoms with Crippen molar-refractivity contribution in [1.29, 1.82) is 0 Å². The van der Waals surface area contributed by atoms with Gasteiger partial charge in [-0.1, -0.05) is 72.4 Å². The normalized spacial score (nSPS) is 17.1. The minimum atomic E-state index is -0.0667. The average Bonchev–Trinajstić information content (AvgIpc) is 2.70. The van der Waals surface area contributed by atoms with Crippen LogP contribution in [0, 0.1) is 24.7 Å². The number of fused-ring (bicyclic) bond motifs is 1. The van der Waals surface area contributed by atoms with E-state index in [9.17, 15) is 14.4 Å². The van der Waals surface area contributed by atoms with Crippen molar-refractivity contribution in [2.45, 2.75) is 113 Å². The van der Waals surface area contributed by atoms with Crippen LogP contribution in [0.4, 0.5) is 0 Å². The molecule has 3 nitrogen and oxygen atoms in total. The fourth-order valence-corrected chi connectivity index (χ4v) is 5.31. The van der Waals surface area contributed by atoms with Gasteiger partial charge in [0, 0.05) is 17.9 Å². The number of aryl methyl sites for hydroxylation is 2. The zero-order chi connectivity index (χ0) is 24.3. The smallest absolute Gasteiger partial charge is 0.163 e. The van der Waals surface area contributed by atoms with Gasteiger partial charge in [-0.3, -0.25) is 14.4 Å². The fourth-order valence-electron chi connectivity index (χ4n) is 5.31. The molecule has 3 unspecified atom stereocenters. The molecule has 180 valence electrons. The van der Waals surface area contributed by atoms with Crippen LogP contribution >= 0.6 is 0 Å². The van der Waals surface area contributed by atoms with Crippen molar-refractivity contribution in [3.8, 4) is 0 Å². The van der Waals surface area contributed by atoms with Crippen LogP contribution < -0.4 is 0 Å².